The molecule has 1 fully saturated rings. The topological polar surface area (TPSA) is 21.3 Å². The van der Waals surface area contributed by atoms with E-state index in [4.69, 9.17) is 16.3 Å². The molecule has 0 atom stereocenters. The first-order valence-electron chi connectivity index (χ1n) is 5.71. The first-order chi connectivity index (χ1) is 8.48. The molecule has 1 saturated heterocycles. The fourth-order valence-electron chi connectivity index (χ4n) is 1.93. The van der Waals surface area contributed by atoms with Crippen LogP contribution in [0.25, 0.3) is 0 Å². The summed E-state index contributed by atoms with van der Waals surface area (Å²) >= 11 is 5.81. The van der Waals surface area contributed by atoms with Crippen LogP contribution in [-0.2, 0) is 6.18 Å². The molecule has 0 aliphatic carbocycles. The molecular weight excluding hydrogens is 267 g/mol. The highest BCUT2D eigenvalue weighted by atomic mass is 35.5. The van der Waals surface area contributed by atoms with E-state index in [1.54, 1.807) is 0 Å². The molecule has 1 N–H and O–H groups in total. The van der Waals surface area contributed by atoms with Crippen LogP contribution >= 0.6 is 11.6 Å². The van der Waals surface area contributed by atoms with Crippen molar-refractivity contribution in [3.8, 4) is 5.75 Å². The van der Waals surface area contributed by atoms with Crippen LogP contribution in [0.15, 0.2) is 18.2 Å². The van der Waals surface area contributed by atoms with Crippen LogP contribution in [0.2, 0.25) is 5.02 Å². The molecule has 0 unspecified atom stereocenters. The van der Waals surface area contributed by atoms with E-state index in [0.717, 1.165) is 19.2 Å². The van der Waals surface area contributed by atoms with Crippen molar-refractivity contribution in [1.29, 1.82) is 0 Å². The molecule has 2 nitrogen and oxygen atoms in total. The van der Waals surface area contributed by atoms with E-state index in [1.807, 2.05) is 0 Å². The molecule has 1 aromatic rings. The molecular formula is C12H13ClF3NO. The highest BCUT2D eigenvalue weighted by molar-refractivity contribution is 6.32. The van der Waals surface area contributed by atoms with Gasteiger partial charge < -0.3 is 10.1 Å². The van der Waals surface area contributed by atoms with Crippen molar-refractivity contribution in [3.05, 3.63) is 28.8 Å². The smallest absolute Gasteiger partial charge is 0.420 e. The standard InChI is InChI=1S/C12H13ClF3NO/c13-10-3-1-2-9(12(14,15)16)11(10)18-8-4-6-17-7-5-8/h1-3,8,17H,4-7H2. The summed E-state index contributed by atoms with van der Waals surface area (Å²) in [6.45, 7) is 1.49. The van der Waals surface area contributed by atoms with Crippen LogP contribution < -0.4 is 10.1 Å². The Morgan fingerprint density at radius 2 is 1.89 bits per heavy atom. The Balaban J connectivity index is 2.25. The van der Waals surface area contributed by atoms with Crippen LogP contribution in [-0.4, -0.2) is 19.2 Å². The van der Waals surface area contributed by atoms with Crippen molar-refractivity contribution in [2.75, 3.05) is 13.1 Å². The van der Waals surface area contributed by atoms with Crippen LogP contribution in [0.4, 0.5) is 13.2 Å². The number of piperidine rings is 1. The molecule has 2 rings (SSSR count). The van der Waals surface area contributed by atoms with Gasteiger partial charge in [0.2, 0.25) is 0 Å². The lowest BCUT2D eigenvalue weighted by Gasteiger charge is -2.26. The average Bonchev–Trinajstić information content (AvgIpc) is 2.32. The maximum atomic E-state index is 12.8. The molecule has 1 aliphatic rings. The Bertz CT molecular complexity index is 416. The normalized spacial score (nSPS) is 17.8. The highest BCUT2D eigenvalue weighted by Gasteiger charge is 2.36. The minimum Gasteiger partial charge on any atom is -0.488 e. The zero-order valence-electron chi connectivity index (χ0n) is 9.56. The molecule has 0 aromatic heterocycles. The maximum Gasteiger partial charge on any atom is 0.420 e. The summed E-state index contributed by atoms with van der Waals surface area (Å²) in [5.41, 5.74) is -0.812. The van der Waals surface area contributed by atoms with Gasteiger partial charge in [-0.3, -0.25) is 0 Å². The first kappa shape index (κ1) is 13.5. The lowest BCUT2D eigenvalue weighted by molar-refractivity contribution is -0.139. The van der Waals surface area contributed by atoms with Crippen molar-refractivity contribution in [2.45, 2.75) is 25.1 Å². The molecule has 1 aromatic carbocycles. The zero-order valence-corrected chi connectivity index (χ0v) is 10.3. The number of ether oxygens (including phenoxy) is 1. The van der Waals surface area contributed by atoms with Gasteiger partial charge in [-0.15, -0.1) is 0 Å². The second-order valence-electron chi connectivity index (χ2n) is 4.18. The van der Waals surface area contributed by atoms with Crippen molar-refractivity contribution >= 4 is 11.6 Å². The Morgan fingerprint density at radius 3 is 2.50 bits per heavy atom. The average molecular weight is 280 g/mol. The van der Waals surface area contributed by atoms with E-state index < -0.39 is 11.7 Å². The fourth-order valence-corrected chi connectivity index (χ4v) is 2.15. The predicted octanol–water partition coefficient (Wildman–Crippen LogP) is 3.49. The Hall–Kier alpha value is -0.940. The van der Waals surface area contributed by atoms with Gasteiger partial charge in [0.15, 0.2) is 5.75 Å². The van der Waals surface area contributed by atoms with E-state index in [2.05, 4.69) is 5.32 Å². The Kier molecular flexibility index (Phi) is 4.02. The number of halogens is 4. The SMILES string of the molecule is FC(F)(F)c1cccc(Cl)c1OC1CCNCC1. The summed E-state index contributed by atoms with van der Waals surface area (Å²) in [5.74, 6) is -0.251. The molecule has 1 aliphatic heterocycles. The van der Waals surface area contributed by atoms with Gasteiger partial charge in [-0.1, -0.05) is 17.7 Å². The van der Waals surface area contributed by atoms with E-state index in [1.165, 1.54) is 12.1 Å². The third-order valence-corrected chi connectivity index (χ3v) is 3.14. The van der Waals surface area contributed by atoms with Crippen LogP contribution in [0.1, 0.15) is 18.4 Å². The summed E-state index contributed by atoms with van der Waals surface area (Å²) in [6.07, 6.45) is -3.30. The van der Waals surface area contributed by atoms with Crippen molar-refractivity contribution < 1.29 is 17.9 Å². The number of benzene rings is 1. The predicted molar refractivity (Wildman–Crippen MR) is 63.0 cm³/mol. The molecule has 0 radical (unpaired) electrons. The highest BCUT2D eigenvalue weighted by Crippen LogP contribution is 2.40. The first-order valence-corrected chi connectivity index (χ1v) is 6.09. The van der Waals surface area contributed by atoms with E-state index >= 15 is 0 Å². The molecule has 100 valence electrons. The minimum atomic E-state index is -4.45. The van der Waals surface area contributed by atoms with Gasteiger partial charge in [-0.05, 0) is 38.1 Å². The van der Waals surface area contributed by atoms with E-state index in [-0.39, 0.29) is 16.9 Å². The van der Waals surface area contributed by atoms with Crippen molar-refractivity contribution in [1.82, 2.24) is 5.32 Å². The number of nitrogens with one attached hydrogen (secondary N) is 1. The van der Waals surface area contributed by atoms with Gasteiger partial charge >= 0.3 is 6.18 Å². The lowest BCUT2D eigenvalue weighted by atomic mass is 10.1. The zero-order chi connectivity index (χ0) is 13.2. The van der Waals surface area contributed by atoms with Crippen molar-refractivity contribution in [3.63, 3.8) is 0 Å². The second-order valence-corrected chi connectivity index (χ2v) is 4.59. The van der Waals surface area contributed by atoms with Gasteiger partial charge in [0.25, 0.3) is 0 Å². The van der Waals surface area contributed by atoms with Gasteiger partial charge in [0.1, 0.15) is 6.10 Å². The lowest BCUT2D eigenvalue weighted by Crippen LogP contribution is -2.34. The number of para-hydroxylation sites is 1. The molecule has 0 amide bonds. The molecule has 6 heteroatoms. The summed E-state index contributed by atoms with van der Waals surface area (Å²) in [4.78, 5) is 0. The van der Waals surface area contributed by atoms with E-state index in [9.17, 15) is 13.2 Å². The quantitative estimate of drug-likeness (QED) is 0.895. The molecule has 0 spiro atoms. The summed E-state index contributed by atoms with van der Waals surface area (Å²) in [5, 5.41) is 3.13. The summed E-state index contributed by atoms with van der Waals surface area (Å²) < 4.78 is 43.9. The summed E-state index contributed by atoms with van der Waals surface area (Å²) in [7, 11) is 0. The number of hydrogen-bond donors (Lipinski definition) is 1. The minimum absolute atomic E-state index is 0.00311. The number of alkyl halides is 3. The molecule has 0 saturated carbocycles. The van der Waals surface area contributed by atoms with Gasteiger partial charge in [0.05, 0.1) is 10.6 Å². The second kappa shape index (κ2) is 5.36. The summed E-state index contributed by atoms with van der Waals surface area (Å²) in [6, 6.07) is 3.68. The molecule has 1 heterocycles. The van der Waals surface area contributed by atoms with Crippen LogP contribution in [0.5, 0.6) is 5.75 Å². The molecule has 18 heavy (non-hydrogen) atoms. The number of rotatable bonds is 2. The van der Waals surface area contributed by atoms with Gasteiger partial charge in [-0.25, -0.2) is 0 Å². The largest absolute Gasteiger partial charge is 0.488 e. The van der Waals surface area contributed by atoms with Crippen LogP contribution in [0.3, 0.4) is 0 Å². The van der Waals surface area contributed by atoms with Gasteiger partial charge in [-0.2, -0.15) is 13.2 Å². The van der Waals surface area contributed by atoms with Crippen LogP contribution in [0, 0.1) is 0 Å². The molecule has 0 bridgehead atoms. The third-order valence-electron chi connectivity index (χ3n) is 2.84. The fraction of sp³-hybridized carbons (Fsp3) is 0.500. The maximum absolute atomic E-state index is 12.8. The van der Waals surface area contributed by atoms with E-state index in [0.29, 0.717) is 12.8 Å². The third kappa shape index (κ3) is 3.09. The number of hydrogen-bond acceptors (Lipinski definition) is 2. The van der Waals surface area contributed by atoms with Crippen molar-refractivity contribution in [2.24, 2.45) is 0 Å². The van der Waals surface area contributed by atoms with Gasteiger partial charge in [0, 0.05) is 0 Å². The Labute approximate surface area is 108 Å². The monoisotopic (exact) mass is 279 g/mol. The Morgan fingerprint density at radius 1 is 1.22 bits per heavy atom.